The molecule has 0 aromatic carbocycles. The second-order valence-corrected chi connectivity index (χ2v) is 6.72. The maximum atomic E-state index is 8.99. The minimum atomic E-state index is 0.200. The van der Waals surface area contributed by atoms with Gasteiger partial charge in [0.1, 0.15) is 0 Å². The molecule has 3 atom stereocenters. The van der Waals surface area contributed by atoms with Gasteiger partial charge in [0.15, 0.2) is 0 Å². The van der Waals surface area contributed by atoms with Crippen molar-refractivity contribution in [1.29, 1.82) is 0 Å². The lowest BCUT2D eigenvalue weighted by molar-refractivity contribution is 0.159. The van der Waals surface area contributed by atoms with Gasteiger partial charge in [0, 0.05) is 0 Å². The summed E-state index contributed by atoms with van der Waals surface area (Å²) in [5.41, 5.74) is 2.02. The molecule has 0 aromatic rings. The molecule has 1 saturated carbocycles. The molecule has 1 fully saturated rings. The highest BCUT2D eigenvalue weighted by Crippen LogP contribution is 2.69. The predicted octanol–water partition coefficient (Wildman–Crippen LogP) is 4.41. The van der Waals surface area contributed by atoms with E-state index in [0.29, 0.717) is 10.8 Å². The monoisotopic (exact) mass is 238 g/mol. The lowest BCUT2D eigenvalue weighted by Crippen LogP contribution is -2.25. The maximum absolute atomic E-state index is 8.99. The van der Waals surface area contributed by atoms with Crippen molar-refractivity contribution in [3.05, 3.63) is 11.6 Å². The van der Waals surface area contributed by atoms with Crippen molar-refractivity contribution < 1.29 is 5.11 Å². The summed E-state index contributed by atoms with van der Waals surface area (Å²) >= 11 is 0. The third kappa shape index (κ3) is 2.59. The van der Waals surface area contributed by atoms with E-state index in [0.717, 1.165) is 23.8 Å². The normalized spacial score (nSPS) is 33.9. The van der Waals surface area contributed by atoms with Gasteiger partial charge in [-0.05, 0) is 42.4 Å². The second-order valence-electron chi connectivity index (χ2n) is 6.72. The van der Waals surface area contributed by atoms with Gasteiger partial charge in [-0.3, -0.25) is 0 Å². The smallest absolute Gasteiger partial charge is 0.0639 e. The molecule has 1 nitrogen and oxygen atoms in total. The molecule has 0 aromatic heterocycles. The molecule has 17 heavy (non-hydrogen) atoms. The molecular formula is C16H30O. The summed E-state index contributed by atoms with van der Waals surface area (Å²) in [7, 11) is 0. The summed E-state index contributed by atoms with van der Waals surface area (Å²) in [6.07, 6.45) is 5.82. The van der Waals surface area contributed by atoms with Crippen molar-refractivity contribution in [1.82, 2.24) is 0 Å². The minimum Gasteiger partial charge on any atom is -0.392 e. The second kappa shape index (κ2) is 5.14. The first-order valence-electron chi connectivity index (χ1n) is 7.07. The highest BCUT2D eigenvalue weighted by atomic mass is 16.3. The zero-order valence-electron chi connectivity index (χ0n) is 12.5. The van der Waals surface area contributed by atoms with Crippen LogP contribution in [0.3, 0.4) is 0 Å². The van der Waals surface area contributed by atoms with Gasteiger partial charge in [0.2, 0.25) is 0 Å². The number of hydrogen-bond acceptors (Lipinski definition) is 1. The summed E-state index contributed by atoms with van der Waals surface area (Å²) in [4.78, 5) is 0. The Morgan fingerprint density at radius 2 is 2.00 bits per heavy atom. The first-order chi connectivity index (χ1) is 7.81. The highest BCUT2D eigenvalue weighted by molar-refractivity contribution is 5.12. The van der Waals surface area contributed by atoms with Crippen LogP contribution in [0, 0.1) is 22.7 Å². The van der Waals surface area contributed by atoms with E-state index in [2.05, 4.69) is 40.7 Å². The Morgan fingerprint density at radius 1 is 1.41 bits per heavy atom. The van der Waals surface area contributed by atoms with Crippen LogP contribution >= 0.6 is 0 Å². The number of rotatable bonds is 6. The van der Waals surface area contributed by atoms with E-state index < -0.39 is 0 Å². The van der Waals surface area contributed by atoms with Gasteiger partial charge in [-0.2, -0.15) is 0 Å². The fraction of sp³-hybridized carbons (Fsp3) is 0.875. The predicted molar refractivity (Wildman–Crippen MR) is 74.9 cm³/mol. The van der Waals surface area contributed by atoms with Crippen molar-refractivity contribution in [2.45, 2.75) is 60.8 Å². The number of allylic oxidation sites excluding steroid dienone is 1. The quantitative estimate of drug-likeness (QED) is 0.679. The molecule has 3 unspecified atom stereocenters. The fourth-order valence-electron chi connectivity index (χ4n) is 3.74. The Morgan fingerprint density at radius 3 is 2.41 bits per heavy atom. The van der Waals surface area contributed by atoms with Crippen LogP contribution in [0.4, 0.5) is 0 Å². The van der Waals surface area contributed by atoms with E-state index in [4.69, 9.17) is 5.11 Å². The molecule has 1 heteroatoms. The first kappa shape index (κ1) is 14.8. The Labute approximate surface area is 107 Å². The van der Waals surface area contributed by atoms with Crippen LogP contribution in [0.5, 0.6) is 0 Å². The van der Waals surface area contributed by atoms with Crippen molar-refractivity contribution in [2.24, 2.45) is 22.7 Å². The lowest BCUT2D eigenvalue weighted by Gasteiger charge is -2.34. The first-order valence-corrected chi connectivity index (χ1v) is 7.07. The van der Waals surface area contributed by atoms with E-state index in [9.17, 15) is 0 Å². The standard InChI is InChI=1S/C16H30O/c1-7-14-13(3)16(14,6)15(4,5)10-8-9-12(2)11-17/h9,13-14,17H,7-8,10-11H2,1-6H3/b12-9-. The van der Waals surface area contributed by atoms with Gasteiger partial charge in [0.25, 0.3) is 0 Å². The van der Waals surface area contributed by atoms with Crippen LogP contribution < -0.4 is 0 Å². The summed E-state index contributed by atoms with van der Waals surface area (Å²) in [5, 5.41) is 8.99. The van der Waals surface area contributed by atoms with Crippen LogP contribution in [-0.2, 0) is 0 Å². The SMILES string of the molecule is CCC1C(C)C1(C)C(C)(C)CC/C=C(/C)CO. The molecule has 100 valence electrons. The molecule has 0 radical (unpaired) electrons. The third-order valence-electron chi connectivity index (χ3n) is 5.62. The topological polar surface area (TPSA) is 20.2 Å². The average Bonchev–Trinajstić information content (AvgIpc) is 2.82. The average molecular weight is 238 g/mol. The molecule has 1 N–H and O–H groups in total. The van der Waals surface area contributed by atoms with Gasteiger partial charge < -0.3 is 5.11 Å². The van der Waals surface area contributed by atoms with Crippen LogP contribution in [0.2, 0.25) is 0 Å². The van der Waals surface area contributed by atoms with Crippen LogP contribution in [0.15, 0.2) is 11.6 Å². The molecule has 0 bridgehead atoms. The Kier molecular flexibility index (Phi) is 4.46. The van der Waals surface area contributed by atoms with E-state index in [1.54, 1.807) is 0 Å². The van der Waals surface area contributed by atoms with Crippen molar-refractivity contribution in [3.63, 3.8) is 0 Å². The molecular weight excluding hydrogens is 208 g/mol. The zero-order chi connectivity index (χ0) is 13.3. The van der Waals surface area contributed by atoms with Gasteiger partial charge in [-0.25, -0.2) is 0 Å². The van der Waals surface area contributed by atoms with E-state index >= 15 is 0 Å². The summed E-state index contributed by atoms with van der Waals surface area (Å²) < 4.78 is 0. The van der Waals surface area contributed by atoms with Gasteiger partial charge in [0.05, 0.1) is 6.61 Å². The zero-order valence-corrected chi connectivity index (χ0v) is 12.5. The molecule has 1 aliphatic carbocycles. The largest absolute Gasteiger partial charge is 0.392 e. The van der Waals surface area contributed by atoms with Crippen molar-refractivity contribution in [3.8, 4) is 0 Å². The van der Waals surface area contributed by atoms with E-state index in [-0.39, 0.29) is 6.61 Å². The molecule has 0 heterocycles. The molecule has 1 rings (SSSR count). The molecule has 0 amide bonds. The Bertz CT molecular complexity index is 290. The Hall–Kier alpha value is -0.300. The number of aliphatic hydroxyl groups excluding tert-OH is 1. The molecule has 1 aliphatic rings. The number of aliphatic hydroxyl groups is 1. The van der Waals surface area contributed by atoms with Crippen molar-refractivity contribution >= 4 is 0 Å². The minimum absolute atomic E-state index is 0.200. The van der Waals surface area contributed by atoms with E-state index in [1.165, 1.54) is 12.8 Å². The summed E-state index contributed by atoms with van der Waals surface area (Å²) in [6, 6.07) is 0. The van der Waals surface area contributed by atoms with Gasteiger partial charge >= 0.3 is 0 Å². The van der Waals surface area contributed by atoms with Crippen molar-refractivity contribution in [2.75, 3.05) is 6.61 Å². The van der Waals surface area contributed by atoms with E-state index in [1.807, 2.05) is 6.92 Å². The summed E-state index contributed by atoms with van der Waals surface area (Å²) in [5.74, 6) is 1.77. The fourth-order valence-corrected chi connectivity index (χ4v) is 3.74. The van der Waals surface area contributed by atoms with Gasteiger partial charge in [-0.1, -0.05) is 52.7 Å². The molecule has 0 saturated heterocycles. The van der Waals surface area contributed by atoms with Gasteiger partial charge in [-0.15, -0.1) is 0 Å². The highest BCUT2D eigenvalue weighted by Gasteiger charge is 2.63. The molecule has 0 spiro atoms. The maximum Gasteiger partial charge on any atom is 0.0639 e. The third-order valence-corrected chi connectivity index (χ3v) is 5.62. The van der Waals surface area contributed by atoms with Crippen LogP contribution in [-0.4, -0.2) is 11.7 Å². The van der Waals surface area contributed by atoms with Crippen LogP contribution in [0.1, 0.15) is 60.8 Å². The summed E-state index contributed by atoms with van der Waals surface area (Å²) in [6.45, 7) is 14.2. The Balaban J connectivity index is 2.58. The molecule has 0 aliphatic heterocycles. The lowest BCUT2D eigenvalue weighted by atomic mass is 9.71. The van der Waals surface area contributed by atoms with Crippen LogP contribution in [0.25, 0.3) is 0 Å². The number of hydrogen-bond donors (Lipinski definition) is 1.